The number of benzene rings is 2. The number of methoxy groups -OCH3 is 2. The molecule has 5 heteroatoms. The van der Waals surface area contributed by atoms with E-state index in [1.54, 1.807) is 20.3 Å². The van der Waals surface area contributed by atoms with Crippen LogP contribution in [-0.2, 0) is 12.8 Å². The molecule has 1 N–H and O–H groups in total. The lowest BCUT2D eigenvalue weighted by Crippen LogP contribution is -2.22. The Morgan fingerprint density at radius 1 is 0.889 bits per heavy atom. The second kappa shape index (κ2) is 6.75. The van der Waals surface area contributed by atoms with Crippen LogP contribution in [-0.4, -0.2) is 19.2 Å². The van der Waals surface area contributed by atoms with Crippen molar-refractivity contribution in [1.29, 1.82) is 0 Å². The summed E-state index contributed by atoms with van der Waals surface area (Å²) in [6, 6.07) is 7.73. The van der Waals surface area contributed by atoms with E-state index < -0.39 is 0 Å². The number of H-pyrrole nitrogens is 1. The van der Waals surface area contributed by atoms with Gasteiger partial charge in [0.25, 0.3) is 0 Å². The van der Waals surface area contributed by atoms with Gasteiger partial charge in [0.05, 0.1) is 19.7 Å². The van der Waals surface area contributed by atoms with Crippen molar-refractivity contribution in [2.45, 2.75) is 32.1 Å². The lowest BCUT2D eigenvalue weighted by Gasteiger charge is -2.30. The van der Waals surface area contributed by atoms with Crippen molar-refractivity contribution in [2.75, 3.05) is 14.2 Å². The highest BCUT2D eigenvalue weighted by Crippen LogP contribution is 2.47. The average Bonchev–Trinajstić information content (AvgIpc) is 3.13. The van der Waals surface area contributed by atoms with Crippen molar-refractivity contribution in [3.05, 3.63) is 45.7 Å². The molecule has 0 saturated heterocycles. The molecule has 0 aliphatic heterocycles. The number of aromatic amines is 1. The number of aromatic nitrogens is 1. The maximum absolute atomic E-state index is 12.1. The summed E-state index contributed by atoms with van der Waals surface area (Å²) in [5.74, 6) is 3.01. The van der Waals surface area contributed by atoms with Gasteiger partial charge in [-0.2, -0.15) is 0 Å². The van der Waals surface area contributed by atoms with E-state index >= 15 is 0 Å². The van der Waals surface area contributed by atoms with Crippen LogP contribution in [0.1, 0.15) is 30.4 Å². The van der Waals surface area contributed by atoms with Gasteiger partial charge >= 0.3 is 0 Å². The van der Waals surface area contributed by atoms with Crippen molar-refractivity contribution in [3.8, 4) is 11.5 Å². The monoisotopic (exact) mass is 385 g/mol. The van der Waals surface area contributed by atoms with Gasteiger partial charge < -0.3 is 14.5 Å². The minimum absolute atomic E-state index is 0. The van der Waals surface area contributed by atoms with Crippen LogP contribution < -0.4 is 15.0 Å². The molecule has 2 aromatic carbocycles. The summed E-state index contributed by atoms with van der Waals surface area (Å²) in [5, 5.41) is 3.46. The smallest absolute Gasteiger partial charge is 0.248 e. The molecule has 2 aliphatic carbocycles. The van der Waals surface area contributed by atoms with Gasteiger partial charge in [-0.15, -0.1) is 12.4 Å². The number of pyridine rings is 1. The van der Waals surface area contributed by atoms with Crippen molar-refractivity contribution < 1.29 is 9.47 Å². The van der Waals surface area contributed by atoms with E-state index in [0.717, 1.165) is 52.5 Å². The van der Waals surface area contributed by atoms with Gasteiger partial charge in [0.1, 0.15) is 0 Å². The van der Waals surface area contributed by atoms with Gasteiger partial charge in [-0.3, -0.25) is 4.79 Å². The second-order valence-corrected chi connectivity index (χ2v) is 7.68. The largest absolute Gasteiger partial charge is 0.493 e. The van der Waals surface area contributed by atoms with E-state index in [9.17, 15) is 4.79 Å². The Labute approximate surface area is 164 Å². The summed E-state index contributed by atoms with van der Waals surface area (Å²) >= 11 is 0. The lowest BCUT2D eigenvalue weighted by atomic mass is 9.75. The minimum atomic E-state index is -0.0342. The molecule has 2 aliphatic rings. The zero-order valence-corrected chi connectivity index (χ0v) is 16.4. The summed E-state index contributed by atoms with van der Waals surface area (Å²) in [7, 11) is 3.34. The maximum Gasteiger partial charge on any atom is 0.248 e. The van der Waals surface area contributed by atoms with E-state index in [1.165, 1.54) is 35.8 Å². The predicted octanol–water partition coefficient (Wildman–Crippen LogP) is 4.64. The van der Waals surface area contributed by atoms with E-state index in [0.29, 0.717) is 0 Å². The van der Waals surface area contributed by atoms with Crippen LogP contribution >= 0.6 is 12.4 Å². The maximum atomic E-state index is 12.1. The summed E-state index contributed by atoms with van der Waals surface area (Å²) in [4.78, 5) is 15.2. The number of rotatable bonds is 2. The second-order valence-electron chi connectivity index (χ2n) is 7.68. The molecule has 0 spiro atoms. The minimum Gasteiger partial charge on any atom is -0.493 e. The third-order valence-electron chi connectivity index (χ3n) is 6.47. The molecular formula is C22H24ClNO3. The molecule has 1 heterocycles. The SMILES string of the molecule is COc1cc2c3c(c4[nH]c(=O)ccc4c2cc1OC)CC1CCCC1C3.Cl. The highest BCUT2D eigenvalue weighted by molar-refractivity contribution is 6.10. The topological polar surface area (TPSA) is 51.3 Å². The van der Waals surface area contributed by atoms with Gasteiger partial charge in [0.2, 0.25) is 5.56 Å². The van der Waals surface area contributed by atoms with Gasteiger partial charge in [-0.1, -0.05) is 6.42 Å². The Hall–Kier alpha value is -2.20. The van der Waals surface area contributed by atoms with Crippen molar-refractivity contribution in [3.63, 3.8) is 0 Å². The standard InChI is InChI=1S/C22H23NO3.ClH/c1-25-19-10-16-14-6-7-21(24)23-22(14)18-9-13-5-3-4-12(13)8-15(18)17(16)11-20(19)26-2;/h6-7,10-13H,3-5,8-9H2,1-2H3,(H,23,24);1H. The summed E-state index contributed by atoms with van der Waals surface area (Å²) in [6.07, 6.45) is 6.13. The molecule has 4 nitrogen and oxygen atoms in total. The zero-order valence-electron chi connectivity index (χ0n) is 15.6. The number of halogens is 1. The van der Waals surface area contributed by atoms with E-state index in [1.807, 2.05) is 6.07 Å². The molecule has 1 saturated carbocycles. The number of ether oxygens (including phenoxy) is 2. The quantitative estimate of drug-likeness (QED) is 0.654. The number of fused-ring (bicyclic) bond motifs is 7. The van der Waals surface area contributed by atoms with Crippen LogP contribution in [0.5, 0.6) is 11.5 Å². The average molecular weight is 386 g/mol. The molecule has 3 aromatic rings. The molecule has 27 heavy (non-hydrogen) atoms. The Morgan fingerprint density at radius 2 is 1.52 bits per heavy atom. The van der Waals surface area contributed by atoms with Crippen molar-refractivity contribution >= 4 is 34.1 Å². The highest BCUT2D eigenvalue weighted by atomic mass is 35.5. The normalized spacial score (nSPS) is 20.8. The van der Waals surface area contributed by atoms with Crippen LogP contribution in [0.15, 0.2) is 29.1 Å². The Bertz CT molecular complexity index is 1090. The third-order valence-corrected chi connectivity index (χ3v) is 6.47. The lowest BCUT2D eigenvalue weighted by molar-refractivity contribution is 0.355. The molecule has 0 radical (unpaired) electrons. The molecule has 2 atom stereocenters. The van der Waals surface area contributed by atoms with Gasteiger partial charge in [0, 0.05) is 11.5 Å². The third kappa shape index (κ3) is 2.69. The molecule has 2 unspecified atom stereocenters. The van der Waals surface area contributed by atoms with Crippen LogP contribution in [0.2, 0.25) is 0 Å². The summed E-state index contributed by atoms with van der Waals surface area (Å²) in [6.45, 7) is 0. The van der Waals surface area contributed by atoms with E-state index in [4.69, 9.17) is 9.47 Å². The first-order valence-electron chi connectivity index (χ1n) is 9.42. The fourth-order valence-corrected chi connectivity index (χ4v) is 5.24. The van der Waals surface area contributed by atoms with Gasteiger partial charge in [-0.05, 0) is 77.6 Å². The summed E-state index contributed by atoms with van der Waals surface area (Å²) < 4.78 is 11.1. The Kier molecular flexibility index (Phi) is 4.55. The zero-order chi connectivity index (χ0) is 17.8. The first kappa shape index (κ1) is 18.2. The predicted molar refractivity (Wildman–Crippen MR) is 111 cm³/mol. The summed E-state index contributed by atoms with van der Waals surface area (Å²) in [5.41, 5.74) is 3.70. The molecule has 5 rings (SSSR count). The van der Waals surface area contributed by atoms with Crippen LogP contribution in [0.25, 0.3) is 21.7 Å². The molecule has 142 valence electrons. The number of hydrogen-bond acceptors (Lipinski definition) is 3. The van der Waals surface area contributed by atoms with Crippen LogP contribution in [0.3, 0.4) is 0 Å². The van der Waals surface area contributed by atoms with Crippen molar-refractivity contribution in [2.24, 2.45) is 11.8 Å². The van der Waals surface area contributed by atoms with Crippen molar-refractivity contribution in [1.82, 2.24) is 4.98 Å². The van der Waals surface area contributed by atoms with Crippen LogP contribution in [0, 0.1) is 11.8 Å². The molecule has 1 fully saturated rings. The fourth-order valence-electron chi connectivity index (χ4n) is 5.24. The number of nitrogens with one attached hydrogen (secondary N) is 1. The Morgan fingerprint density at radius 3 is 2.19 bits per heavy atom. The fraction of sp³-hybridized carbons (Fsp3) is 0.409. The first-order chi connectivity index (χ1) is 12.7. The number of hydrogen-bond donors (Lipinski definition) is 1. The molecular weight excluding hydrogens is 362 g/mol. The highest BCUT2D eigenvalue weighted by Gasteiger charge is 2.34. The first-order valence-corrected chi connectivity index (χ1v) is 9.42. The van der Waals surface area contributed by atoms with E-state index in [-0.39, 0.29) is 18.0 Å². The van der Waals surface area contributed by atoms with E-state index in [2.05, 4.69) is 17.1 Å². The van der Waals surface area contributed by atoms with Gasteiger partial charge in [0.15, 0.2) is 11.5 Å². The Balaban J connectivity index is 0.00000180. The van der Waals surface area contributed by atoms with Crippen LogP contribution in [0.4, 0.5) is 0 Å². The molecule has 1 aromatic heterocycles. The van der Waals surface area contributed by atoms with Gasteiger partial charge in [-0.25, -0.2) is 0 Å². The molecule has 0 amide bonds. The molecule has 0 bridgehead atoms.